The lowest BCUT2D eigenvalue weighted by Crippen LogP contribution is -2.14. The van der Waals surface area contributed by atoms with Crippen molar-refractivity contribution in [2.45, 2.75) is 13.3 Å². The van der Waals surface area contributed by atoms with Crippen LogP contribution in [-0.4, -0.2) is 5.91 Å². The number of rotatable bonds is 5. The third-order valence-corrected chi connectivity index (χ3v) is 2.78. The minimum absolute atomic E-state index is 0.144. The van der Waals surface area contributed by atoms with Crippen LogP contribution >= 0.6 is 0 Å². The summed E-state index contributed by atoms with van der Waals surface area (Å²) in [5.41, 5.74) is 1.37. The average molecular weight is 267 g/mol. The number of carbonyl (C=O) groups is 1. The van der Waals surface area contributed by atoms with E-state index < -0.39 is 0 Å². The number of hydrogen-bond donors (Lipinski definition) is 1. The number of amides is 1. The van der Waals surface area contributed by atoms with Gasteiger partial charge in [-0.1, -0.05) is 43.3 Å². The molecule has 2 aromatic carbocycles. The van der Waals surface area contributed by atoms with Crippen LogP contribution in [0.15, 0.2) is 72.5 Å². The Hall–Kier alpha value is -2.55. The molecule has 0 saturated heterocycles. The molecule has 0 bridgehead atoms. The summed E-state index contributed by atoms with van der Waals surface area (Å²) in [6.07, 6.45) is 2.11. The molecule has 2 aromatic rings. The monoisotopic (exact) mass is 267 g/mol. The van der Waals surface area contributed by atoms with Gasteiger partial charge in [0.2, 0.25) is 0 Å². The van der Waals surface area contributed by atoms with Gasteiger partial charge in [-0.25, -0.2) is 0 Å². The highest BCUT2D eigenvalue weighted by atomic mass is 16.5. The molecule has 0 atom stereocenters. The van der Waals surface area contributed by atoms with Gasteiger partial charge in [-0.05, 0) is 30.7 Å². The molecule has 3 nitrogen and oxygen atoms in total. The quantitative estimate of drug-likeness (QED) is 0.657. The highest BCUT2D eigenvalue weighted by Crippen LogP contribution is 2.13. The van der Waals surface area contributed by atoms with Crippen LogP contribution in [0.1, 0.15) is 13.3 Å². The van der Waals surface area contributed by atoms with Crippen LogP contribution in [0.5, 0.6) is 5.75 Å². The summed E-state index contributed by atoms with van der Waals surface area (Å²) in [6, 6.07) is 18.8. The molecule has 20 heavy (non-hydrogen) atoms. The first-order chi connectivity index (χ1) is 9.79. The van der Waals surface area contributed by atoms with Crippen molar-refractivity contribution in [2.75, 3.05) is 5.32 Å². The number of para-hydroxylation sites is 2. The van der Waals surface area contributed by atoms with Gasteiger partial charge >= 0.3 is 0 Å². The van der Waals surface area contributed by atoms with E-state index in [1.54, 1.807) is 0 Å². The highest BCUT2D eigenvalue weighted by molar-refractivity contribution is 6.03. The van der Waals surface area contributed by atoms with Gasteiger partial charge < -0.3 is 10.1 Å². The molecule has 3 heteroatoms. The van der Waals surface area contributed by atoms with E-state index in [9.17, 15) is 4.79 Å². The maximum absolute atomic E-state index is 12.1. The van der Waals surface area contributed by atoms with E-state index in [2.05, 4.69) is 5.32 Å². The predicted octanol–water partition coefficient (Wildman–Crippen LogP) is 4.00. The summed E-state index contributed by atoms with van der Waals surface area (Å²) in [4.78, 5) is 12.1. The zero-order valence-electron chi connectivity index (χ0n) is 11.4. The molecule has 0 unspecified atom stereocenters. The van der Waals surface area contributed by atoms with Gasteiger partial charge in [-0.2, -0.15) is 0 Å². The first kappa shape index (κ1) is 13.9. The van der Waals surface area contributed by atoms with Crippen molar-refractivity contribution in [2.24, 2.45) is 0 Å². The molecule has 0 fully saturated rings. The van der Waals surface area contributed by atoms with Gasteiger partial charge in [-0.15, -0.1) is 0 Å². The average Bonchev–Trinajstić information content (AvgIpc) is 2.50. The third-order valence-electron chi connectivity index (χ3n) is 2.78. The molecule has 0 saturated carbocycles. The lowest BCUT2D eigenvalue weighted by atomic mass is 10.2. The number of ether oxygens (including phenoxy) is 1. The van der Waals surface area contributed by atoms with Gasteiger partial charge in [0.15, 0.2) is 0 Å². The summed E-state index contributed by atoms with van der Waals surface area (Å²) < 4.78 is 5.49. The Labute approximate surface area is 118 Å². The molecule has 102 valence electrons. The molecule has 0 aliphatic heterocycles. The molecule has 1 amide bonds. The van der Waals surface area contributed by atoms with E-state index in [-0.39, 0.29) is 5.91 Å². The van der Waals surface area contributed by atoms with Gasteiger partial charge in [0.05, 0.1) is 11.8 Å². The van der Waals surface area contributed by atoms with Crippen molar-refractivity contribution in [1.82, 2.24) is 0 Å². The first-order valence-electron chi connectivity index (χ1n) is 6.56. The normalized spacial score (nSPS) is 10.9. The van der Waals surface area contributed by atoms with Gasteiger partial charge in [-0.3, -0.25) is 4.79 Å². The number of benzene rings is 2. The molecular weight excluding hydrogens is 250 g/mol. The predicted molar refractivity (Wildman–Crippen MR) is 80.5 cm³/mol. The van der Waals surface area contributed by atoms with Gasteiger partial charge in [0.1, 0.15) is 5.75 Å². The van der Waals surface area contributed by atoms with Crippen molar-refractivity contribution in [3.8, 4) is 5.75 Å². The SMILES string of the molecule is CC/C(=C\Oc1ccccc1)C(=O)Nc1ccccc1. The Morgan fingerprint density at radius 3 is 2.25 bits per heavy atom. The van der Waals surface area contributed by atoms with E-state index >= 15 is 0 Å². The molecule has 2 rings (SSSR count). The largest absolute Gasteiger partial charge is 0.465 e. The highest BCUT2D eigenvalue weighted by Gasteiger charge is 2.08. The summed E-state index contributed by atoms with van der Waals surface area (Å²) in [6.45, 7) is 1.92. The van der Waals surface area contributed by atoms with Gasteiger partial charge in [0, 0.05) is 5.69 Å². The Bertz CT molecular complexity index is 576. The minimum Gasteiger partial charge on any atom is -0.465 e. The van der Waals surface area contributed by atoms with Crippen LogP contribution in [0.4, 0.5) is 5.69 Å². The van der Waals surface area contributed by atoms with E-state index in [0.717, 1.165) is 5.69 Å². The van der Waals surface area contributed by atoms with E-state index in [4.69, 9.17) is 4.74 Å². The van der Waals surface area contributed by atoms with E-state index in [1.807, 2.05) is 67.6 Å². The van der Waals surface area contributed by atoms with Crippen LogP contribution < -0.4 is 10.1 Å². The lowest BCUT2D eigenvalue weighted by molar-refractivity contribution is -0.113. The van der Waals surface area contributed by atoms with E-state index in [0.29, 0.717) is 17.7 Å². The lowest BCUT2D eigenvalue weighted by Gasteiger charge is -2.07. The third kappa shape index (κ3) is 3.99. The molecule has 0 heterocycles. The fraction of sp³-hybridized carbons (Fsp3) is 0.118. The van der Waals surface area contributed by atoms with Crippen LogP contribution in [0.2, 0.25) is 0 Å². The molecule has 0 spiro atoms. The van der Waals surface area contributed by atoms with Gasteiger partial charge in [0.25, 0.3) is 5.91 Å². The van der Waals surface area contributed by atoms with Crippen molar-refractivity contribution >= 4 is 11.6 Å². The Morgan fingerprint density at radius 2 is 1.65 bits per heavy atom. The molecule has 1 N–H and O–H groups in total. The number of anilines is 1. The maximum atomic E-state index is 12.1. The van der Waals surface area contributed by atoms with Crippen molar-refractivity contribution < 1.29 is 9.53 Å². The zero-order valence-corrected chi connectivity index (χ0v) is 11.4. The summed E-state index contributed by atoms with van der Waals surface area (Å²) in [5.74, 6) is 0.570. The van der Waals surface area contributed by atoms with Crippen LogP contribution in [0, 0.1) is 0 Å². The molecular formula is C17H17NO2. The second kappa shape index (κ2) is 7.14. The first-order valence-corrected chi connectivity index (χ1v) is 6.56. The second-order valence-electron chi connectivity index (χ2n) is 4.25. The van der Waals surface area contributed by atoms with Crippen LogP contribution in [-0.2, 0) is 4.79 Å². The van der Waals surface area contributed by atoms with Crippen LogP contribution in [0.25, 0.3) is 0 Å². The standard InChI is InChI=1S/C17H17NO2/c1-2-14(13-20-16-11-7-4-8-12-16)17(19)18-15-9-5-3-6-10-15/h3-13H,2H2,1H3,(H,18,19)/b14-13+. The number of carbonyl (C=O) groups excluding carboxylic acids is 1. The fourth-order valence-corrected chi connectivity index (χ4v) is 1.67. The van der Waals surface area contributed by atoms with Crippen molar-refractivity contribution in [1.29, 1.82) is 0 Å². The molecule has 0 aromatic heterocycles. The second-order valence-corrected chi connectivity index (χ2v) is 4.25. The Morgan fingerprint density at radius 1 is 1.05 bits per heavy atom. The maximum Gasteiger partial charge on any atom is 0.254 e. The van der Waals surface area contributed by atoms with E-state index in [1.165, 1.54) is 6.26 Å². The smallest absolute Gasteiger partial charge is 0.254 e. The minimum atomic E-state index is -0.144. The molecule has 0 aliphatic rings. The summed E-state index contributed by atoms with van der Waals surface area (Å²) >= 11 is 0. The number of hydrogen-bond acceptors (Lipinski definition) is 2. The summed E-state index contributed by atoms with van der Waals surface area (Å²) in [5, 5.41) is 2.84. The number of nitrogens with one attached hydrogen (secondary N) is 1. The van der Waals surface area contributed by atoms with Crippen molar-refractivity contribution in [3.05, 3.63) is 72.5 Å². The topological polar surface area (TPSA) is 38.3 Å². The van der Waals surface area contributed by atoms with Crippen LogP contribution in [0.3, 0.4) is 0 Å². The Kier molecular flexibility index (Phi) is 4.95. The molecule has 0 aliphatic carbocycles. The van der Waals surface area contributed by atoms with Crippen molar-refractivity contribution in [3.63, 3.8) is 0 Å². The fourth-order valence-electron chi connectivity index (χ4n) is 1.67. The molecule has 0 radical (unpaired) electrons. The Balaban J connectivity index is 2.02. The zero-order chi connectivity index (χ0) is 14.2. The summed E-state index contributed by atoms with van der Waals surface area (Å²) in [7, 11) is 0.